The molecule has 3 aliphatic carbocycles. The number of nitrogens with two attached hydrogens (primary N) is 1. The van der Waals surface area contributed by atoms with E-state index in [2.05, 4.69) is 16.0 Å². The number of Topliss-reactive ketones (excluding diaryl/α,β-unsaturated/α-hetero) is 1. The van der Waals surface area contributed by atoms with Crippen molar-refractivity contribution in [3.05, 3.63) is 0 Å². The number of carbonyl (C=O) groups excluding carboxylic acids is 5. The Balaban J connectivity index is 1.57. The monoisotopic (exact) mass is 665 g/mol. The van der Waals surface area contributed by atoms with Crippen LogP contribution in [0.4, 0.5) is 4.79 Å². The third-order valence-electron chi connectivity index (χ3n) is 11.3. The molecule has 0 spiro atoms. The number of amides is 5. The lowest BCUT2D eigenvalue weighted by atomic mass is 9.83. The lowest BCUT2D eigenvalue weighted by molar-refractivity contribution is -0.145. The number of primary amides is 1. The molecule has 4 rings (SSSR count). The fourth-order valence-electron chi connectivity index (χ4n) is 7.97. The van der Waals surface area contributed by atoms with Gasteiger partial charge in [-0.1, -0.05) is 67.2 Å². The van der Waals surface area contributed by atoms with Gasteiger partial charge in [-0.2, -0.15) is 0 Å². The Morgan fingerprint density at radius 2 is 1.54 bits per heavy atom. The summed E-state index contributed by atoms with van der Waals surface area (Å²) in [7, 11) is -3.56. The number of urea groups is 1. The van der Waals surface area contributed by atoms with E-state index in [1.54, 1.807) is 20.8 Å². The van der Waals surface area contributed by atoms with Gasteiger partial charge >= 0.3 is 6.03 Å². The van der Waals surface area contributed by atoms with Crippen LogP contribution in [0.25, 0.3) is 0 Å². The summed E-state index contributed by atoms with van der Waals surface area (Å²) in [6.07, 6.45) is 4.43. The number of hydrogen-bond donors (Lipinski definition) is 4. The van der Waals surface area contributed by atoms with Gasteiger partial charge in [0, 0.05) is 6.54 Å². The minimum atomic E-state index is -3.56. The smallest absolute Gasteiger partial charge is 0.315 e. The number of rotatable bonds is 10. The number of hydrogen-bond acceptors (Lipinski definition) is 7. The van der Waals surface area contributed by atoms with Crippen molar-refractivity contribution in [3.63, 3.8) is 0 Å². The van der Waals surface area contributed by atoms with E-state index in [1.807, 2.05) is 41.5 Å². The normalized spacial score (nSPS) is 30.4. The Kier molecular flexibility index (Phi) is 9.25. The fraction of sp³-hybridized carbons (Fsp3) is 0.848. The predicted octanol–water partition coefficient (Wildman–Crippen LogP) is 2.44. The fourth-order valence-corrected chi connectivity index (χ4v) is 9.50. The average Bonchev–Trinajstić information content (AvgIpc) is 3.67. The Morgan fingerprint density at radius 3 is 2.02 bits per heavy atom. The van der Waals surface area contributed by atoms with Crippen LogP contribution in [0.3, 0.4) is 0 Å². The van der Waals surface area contributed by atoms with E-state index in [9.17, 15) is 32.4 Å². The highest BCUT2D eigenvalue weighted by Gasteiger charge is 2.71. The zero-order valence-corrected chi connectivity index (χ0v) is 29.9. The summed E-state index contributed by atoms with van der Waals surface area (Å²) in [5, 5.41) is 8.70. The van der Waals surface area contributed by atoms with Crippen LogP contribution in [0.2, 0.25) is 0 Å². The maximum absolute atomic E-state index is 14.4. The summed E-state index contributed by atoms with van der Waals surface area (Å²) in [5.74, 6) is -3.36. The third-order valence-corrected chi connectivity index (χ3v) is 14.1. The molecule has 0 unspecified atom stereocenters. The van der Waals surface area contributed by atoms with Crippen LogP contribution in [0, 0.1) is 28.6 Å². The maximum Gasteiger partial charge on any atom is 0.315 e. The molecular weight excluding hydrogens is 610 g/mol. The van der Waals surface area contributed by atoms with E-state index in [1.165, 1.54) is 4.90 Å². The molecule has 5 N–H and O–H groups in total. The standard InChI is InChI=1S/C33H55N5O7S/c1-10-19-16-33(19,24(39)25(34)40)36-26(41)22-21-20(31(21,8)9)17-38(22)27(42)23(29(2,3)4)35-28(43)37-32(14-12-11-13-15-32)18-46(44,45)30(5,6)7/h19-23H,10-18H2,1-9H3,(H2,34,40)(H,36,41)(H2,35,37,43)/t19-,20+,21+,22+,23-,33+/m1/s1. The zero-order chi connectivity index (χ0) is 34.8. The average molecular weight is 666 g/mol. The van der Waals surface area contributed by atoms with Gasteiger partial charge in [0.15, 0.2) is 9.84 Å². The molecule has 0 aromatic carbocycles. The number of sulfone groups is 1. The van der Waals surface area contributed by atoms with E-state index in [4.69, 9.17) is 5.73 Å². The van der Waals surface area contributed by atoms with Crippen LogP contribution < -0.4 is 21.7 Å². The lowest BCUT2D eigenvalue weighted by Crippen LogP contribution is -2.64. The lowest BCUT2D eigenvalue weighted by Gasteiger charge is -2.41. The zero-order valence-electron chi connectivity index (χ0n) is 29.0. The summed E-state index contributed by atoms with van der Waals surface area (Å²) >= 11 is 0. The Morgan fingerprint density at radius 1 is 0.957 bits per heavy atom. The quantitative estimate of drug-likeness (QED) is 0.258. The summed E-state index contributed by atoms with van der Waals surface area (Å²) in [6.45, 7) is 16.7. The van der Waals surface area contributed by atoms with Gasteiger partial charge in [-0.15, -0.1) is 0 Å². The van der Waals surface area contributed by atoms with E-state index >= 15 is 0 Å². The van der Waals surface area contributed by atoms with E-state index in [0.29, 0.717) is 32.2 Å². The second kappa shape index (κ2) is 11.8. The van der Waals surface area contributed by atoms with Gasteiger partial charge in [0.05, 0.1) is 16.0 Å². The molecule has 0 bridgehead atoms. The largest absolute Gasteiger partial charge is 0.363 e. The summed E-state index contributed by atoms with van der Waals surface area (Å²) < 4.78 is 25.5. The Labute approximate surface area is 274 Å². The molecule has 5 amide bonds. The van der Waals surface area contributed by atoms with Crippen molar-refractivity contribution in [1.29, 1.82) is 0 Å². The number of fused-ring (bicyclic) bond motifs is 1. The summed E-state index contributed by atoms with van der Waals surface area (Å²) in [6, 6.07) is -2.55. The second-order valence-corrected chi connectivity index (χ2v) is 19.7. The molecule has 1 aliphatic heterocycles. The van der Waals surface area contributed by atoms with Gasteiger partial charge in [0.1, 0.15) is 17.6 Å². The number of nitrogens with zero attached hydrogens (tertiary/aromatic N) is 1. The molecule has 4 fully saturated rings. The molecule has 4 aliphatic rings. The molecule has 0 radical (unpaired) electrons. The van der Waals surface area contributed by atoms with Crippen LogP contribution in [-0.2, 0) is 29.0 Å². The van der Waals surface area contributed by atoms with E-state index in [0.717, 1.165) is 19.3 Å². The van der Waals surface area contributed by atoms with Gasteiger partial charge in [-0.3, -0.25) is 19.2 Å². The Bertz CT molecular complexity index is 1390. The number of likely N-dealkylation sites (tertiary alicyclic amines) is 1. The maximum atomic E-state index is 14.4. The first-order chi connectivity index (χ1) is 20.9. The van der Waals surface area contributed by atoms with Crippen LogP contribution in [0.15, 0.2) is 0 Å². The van der Waals surface area contributed by atoms with Crippen LogP contribution in [0.5, 0.6) is 0 Å². The first-order valence-corrected chi connectivity index (χ1v) is 18.4. The molecule has 12 nitrogen and oxygen atoms in total. The highest BCUT2D eigenvalue weighted by Crippen LogP contribution is 2.65. The van der Waals surface area contributed by atoms with Crippen molar-refractivity contribution in [1.82, 2.24) is 20.9 Å². The molecular formula is C33H55N5O7S. The number of ketones is 1. The molecule has 1 heterocycles. The van der Waals surface area contributed by atoms with Gasteiger partial charge in [0.2, 0.25) is 17.6 Å². The number of nitrogens with one attached hydrogen (secondary N) is 3. The van der Waals surface area contributed by atoms with Crippen LogP contribution in [0.1, 0.15) is 107 Å². The highest BCUT2D eigenvalue weighted by atomic mass is 32.2. The SMILES string of the molecule is CC[C@@H]1C[C@@]1(NC(=O)[C@@H]1[C@@H]2[C@H](CN1C(=O)[C@@H](NC(=O)NC1(CS(=O)(=O)C(C)(C)C)CCCCC1)C(C)(C)C)C2(C)C)C(=O)C(N)=O. The molecule has 46 heavy (non-hydrogen) atoms. The van der Waals surface area contributed by atoms with Crippen LogP contribution >= 0.6 is 0 Å². The molecule has 13 heteroatoms. The van der Waals surface area contributed by atoms with Crippen molar-refractivity contribution in [2.75, 3.05) is 12.3 Å². The molecule has 0 aromatic heterocycles. The van der Waals surface area contributed by atoms with Crippen molar-refractivity contribution >= 4 is 39.4 Å². The van der Waals surface area contributed by atoms with E-state index < -0.39 is 72.7 Å². The van der Waals surface area contributed by atoms with Crippen LogP contribution in [-0.4, -0.2) is 83.1 Å². The predicted molar refractivity (Wildman–Crippen MR) is 174 cm³/mol. The first-order valence-electron chi connectivity index (χ1n) is 16.7. The summed E-state index contributed by atoms with van der Waals surface area (Å²) in [5.41, 5.74) is 2.06. The number of carbonyl (C=O) groups is 5. The molecule has 0 aromatic rings. The molecule has 6 atom stereocenters. The van der Waals surface area contributed by atoms with Crippen molar-refractivity contribution in [3.8, 4) is 0 Å². The first kappa shape index (κ1) is 36.1. The van der Waals surface area contributed by atoms with Crippen molar-refractivity contribution in [2.45, 2.75) is 135 Å². The van der Waals surface area contributed by atoms with Gasteiger partial charge in [-0.05, 0) is 68.6 Å². The highest BCUT2D eigenvalue weighted by molar-refractivity contribution is 7.92. The van der Waals surface area contributed by atoms with Crippen molar-refractivity contribution < 1.29 is 32.4 Å². The third kappa shape index (κ3) is 6.54. The molecule has 1 saturated heterocycles. The minimum Gasteiger partial charge on any atom is -0.363 e. The summed E-state index contributed by atoms with van der Waals surface area (Å²) in [4.78, 5) is 68.2. The van der Waals surface area contributed by atoms with E-state index in [-0.39, 0.29) is 28.9 Å². The topological polar surface area (TPSA) is 185 Å². The van der Waals surface area contributed by atoms with Gasteiger partial charge in [-0.25, -0.2) is 13.2 Å². The van der Waals surface area contributed by atoms with Gasteiger partial charge < -0.3 is 26.6 Å². The van der Waals surface area contributed by atoms with Crippen molar-refractivity contribution in [2.24, 2.45) is 34.3 Å². The molecule has 3 saturated carbocycles. The molecule has 260 valence electrons. The minimum absolute atomic E-state index is 0.0544. The number of piperidine rings is 1. The van der Waals surface area contributed by atoms with Gasteiger partial charge in [0.25, 0.3) is 5.91 Å². The Hall–Kier alpha value is -2.70. The second-order valence-electron chi connectivity index (χ2n) is 17.0.